The zero-order chi connectivity index (χ0) is 15.0. The van der Waals surface area contributed by atoms with Crippen LogP contribution >= 0.6 is 15.9 Å². The fourth-order valence-electron chi connectivity index (χ4n) is 2.48. The van der Waals surface area contributed by atoms with Gasteiger partial charge in [-0.05, 0) is 43.2 Å². The summed E-state index contributed by atoms with van der Waals surface area (Å²) in [5.74, 6) is 0.753. The molecule has 0 radical (unpaired) electrons. The molecule has 108 valence electrons. The minimum Gasteiger partial charge on any atom is -0.479 e. The van der Waals surface area contributed by atoms with Gasteiger partial charge in [0.15, 0.2) is 6.10 Å². The van der Waals surface area contributed by atoms with Crippen molar-refractivity contribution < 1.29 is 9.53 Å². The fourth-order valence-corrected chi connectivity index (χ4v) is 2.89. The largest absolute Gasteiger partial charge is 0.479 e. The van der Waals surface area contributed by atoms with Crippen LogP contribution in [0.1, 0.15) is 18.1 Å². The Balaban J connectivity index is 2.03. The van der Waals surface area contributed by atoms with Crippen molar-refractivity contribution in [2.45, 2.75) is 26.5 Å². The molecular weight excluding hydrogens is 330 g/mol. The highest BCUT2D eigenvalue weighted by molar-refractivity contribution is 9.10. The van der Waals surface area contributed by atoms with Gasteiger partial charge in [0.25, 0.3) is 5.91 Å². The molecule has 4 heteroatoms. The molecule has 1 amide bonds. The monoisotopic (exact) mass is 345 g/mol. The van der Waals surface area contributed by atoms with Gasteiger partial charge in [-0.25, -0.2) is 0 Å². The Hall–Kier alpha value is -1.81. The molecule has 0 saturated heterocycles. The maximum absolute atomic E-state index is 12.5. The van der Waals surface area contributed by atoms with Gasteiger partial charge in [0.1, 0.15) is 5.75 Å². The Morgan fingerprint density at radius 2 is 2.00 bits per heavy atom. The summed E-state index contributed by atoms with van der Waals surface area (Å²) < 4.78 is 6.70. The number of nitrogens with zero attached hydrogens (tertiary/aromatic N) is 1. The molecule has 0 aliphatic carbocycles. The highest BCUT2D eigenvalue weighted by atomic mass is 79.9. The molecule has 1 atom stereocenters. The van der Waals surface area contributed by atoms with E-state index in [4.69, 9.17) is 4.74 Å². The third kappa shape index (κ3) is 2.68. The highest BCUT2D eigenvalue weighted by Gasteiger charge is 2.31. The first-order chi connectivity index (χ1) is 10.1. The third-order valence-corrected chi connectivity index (χ3v) is 4.38. The summed E-state index contributed by atoms with van der Waals surface area (Å²) in [4.78, 5) is 14.3. The molecule has 2 aromatic carbocycles. The Labute approximate surface area is 132 Å². The van der Waals surface area contributed by atoms with Gasteiger partial charge in [0, 0.05) is 4.47 Å². The quantitative estimate of drug-likeness (QED) is 0.820. The first kappa shape index (κ1) is 14.1. The van der Waals surface area contributed by atoms with Gasteiger partial charge in [0.2, 0.25) is 0 Å². The maximum atomic E-state index is 12.5. The molecule has 21 heavy (non-hydrogen) atoms. The van der Waals surface area contributed by atoms with Crippen LogP contribution in [0.4, 0.5) is 5.69 Å². The second-order valence-corrected chi connectivity index (χ2v) is 6.10. The number of anilines is 1. The zero-order valence-corrected chi connectivity index (χ0v) is 13.6. The average Bonchev–Trinajstić information content (AvgIpc) is 2.46. The van der Waals surface area contributed by atoms with E-state index in [2.05, 4.69) is 15.9 Å². The number of hydrogen-bond acceptors (Lipinski definition) is 2. The number of benzene rings is 2. The van der Waals surface area contributed by atoms with Crippen molar-refractivity contribution >= 4 is 27.5 Å². The van der Waals surface area contributed by atoms with E-state index < -0.39 is 6.10 Å². The van der Waals surface area contributed by atoms with Gasteiger partial charge >= 0.3 is 0 Å². The summed E-state index contributed by atoms with van der Waals surface area (Å²) in [6.07, 6.45) is -0.456. The lowest BCUT2D eigenvalue weighted by Crippen LogP contribution is -2.44. The van der Waals surface area contributed by atoms with Crippen LogP contribution in [0.5, 0.6) is 5.75 Å². The second kappa shape index (κ2) is 5.53. The molecular formula is C17H16BrNO2. The second-order valence-electron chi connectivity index (χ2n) is 5.25. The van der Waals surface area contributed by atoms with E-state index in [1.165, 1.54) is 0 Å². The lowest BCUT2D eigenvalue weighted by molar-refractivity contribution is -0.125. The van der Waals surface area contributed by atoms with Crippen molar-refractivity contribution in [3.63, 3.8) is 0 Å². The van der Waals surface area contributed by atoms with Gasteiger partial charge in [-0.15, -0.1) is 0 Å². The zero-order valence-electron chi connectivity index (χ0n) is 12.0. The third-order valence-electron chi connectivity index (χ3n) is 3.61. The van der Waals surface area contributed by atoms with Crippen LogP contribution in [0.3, 0.4) is 0 Å². The number of fused-ring (bicyclic) bond motifs is 1. The standard InChI is InChI=1S/C17H16BrNO2/c1-11-7-8-16-15(9-11)19(17(20)12(2)21-16)10-13-5-3-4-6-14(13)18/h3-9,12H,10H2,1-2H3. The summed E-state index contributed by atoms with van der Waals surface area (Å²) in [7, 11) is 0. The predicted octanol–water partition coefficient (Wildman–Crippen LogP) is 4.07. The van der Waals surface area contributed by atoms with E-state index in [9.17, 15) is 4.79 Å². The lowest BCUT2D eigenvalue weighted by Gasteiger charge is -2.33. The number of ether oxygens (including phenoxy) is 1. The summed E-state index contributed by atoms with van der Waals surface area (Å²) in [5, 5.41) is 0. The topological polar surface area (TPSA) is 29.5 Å². The number of hydrogen-bond donors (Lipinski definition) is 0. The normalized spacial score (nSPS) is 17.4. The van der Waals surface area contributed by atoms with Crippen molar-refractivity contribution in [1.82, 2.24) is 0 Å². The molecule has 1 unspecified atom stereocenters. The van der Waals surface area contributed by atoms with Gasteiger partial charge in [-0.2, -0.15) is 0 Å². The van der Waals surface area contributed by atoms with Gasteiger partial charge in [-0.1, -0.05) is 40.2 Å². The summed E-state index contributed by atoms with van der Waals surface area (Å²) >= 11 is 3.54. The molecule has 3 nitrogen and oxygen atoms in total. The van der Waals surface area contributed by atoms with Gasteiger partial charge in [-0.3, -0.25) is 4.79 Å². The molecule has 1 aliphatic rings. The number of carbonyl (C=O) groups excluding carboxylic acids is 1. The molecule has 0 bridgehead atoms. The SMILES string of the molecule is Cc1ccc2c(c1)N(Cc1ccccc1Br)C(=O)C(C)O2. The maximum Gasteiger partial charge on any atom is 0.268 e. The molecule has 0 spiro atoms. The van der Waals surface area contributed by atoms with Crippen LogP contribution < -0.4 is 9.64 Å². The molecule has 3 rings (SSSR count). The van der Waals surface area contributed by atoms with Crippen molar-refractivity contribution in [3.8, 4) is 5.75 Å². The smallest absolute Gasteiger partial charge is 0.268 e. The van der Waals surface area contributed by atoms with Crippen LogP contribution in [0.2, 0.25) is 0 Å². The van der Waals surface area contributed by atoms with Crippen molar-refractivity contribution in [2.24, 2.45) is 0 Å². The van der Waals surface area contributed by atoms with Gasteiger partial charge in [0.05, 0.1) is 12.2 Å². The van der Waals surface area contributed by atoms with Crippen molar-refractivity contribution in [3.05, 3.63) is 58.1 Å². The Bertz CT molecular complexity index is 699. The Morgan fingerprint density at radius 1 is 1.24 bits per heavy atom. The molecule has 0 fully saturated rings. The first-order valence-electron chi connectivity index (χ1n) is 6.88. The molecule has 0 N–H and O–H groups in total. The van der Waals surface area contributed by atoms with Crippen LogP contribution in [0.25, 0.3) is 0 Å². The average molecular weight is 346 g/mol. The van der Waals surface area contributed by atoms with E-state index in [0.717, 1.165) is 27.0 Å². The fraction of sp³-hybridized carbons (Fsp3) is 0.235. The van der Waals surface area contributed by atoms with Crippen LogP contribution in [-0.4, -0.2) is 12.0 Å². The molecule has 1 aliphatic heterocycles. The Kier molecular flexibility index (Phi) is 3.72. The summed E-state index contributed by atoms with van der Waals surface area (Å²) in [5.41, 5.74) is 3.03. The minimum atomic E-state index is -0.456. The summed E-state index contributed by atoms with van der Waals surface area (Å²) in [6, 6.07) is 13.9. The van der Waals surface area contributed by atoms with E-state index >= 15 is 0 Å². The van der Waals surface area contributed by atoms with Crippen molar-refractivity contribution in [1.29, 1.82) is 0 Å². The number of aryl methyl sites for hydroxylation is 1. The van der Waals surface area contributed by atoms with Crippen LogP contribution in [0.15, 0.2) is 46.9 Å². The number of amides is 1. The molecule has 0 saturated carbocycles. The van der Waals surface area contributed by atoms with E-state index in [1.54, 1.807) is 11.8 Å². The minimum absolute atomic E-state index is 0.0103. The van der Waals surface area contributed by atoms with E-state index in [1.807, 2.05) is 49.4 Å². The van der Waals surface area contributed by atoms with Crippen LogP contribution in [-0.2, 0) is 11.3 Å². The van der Waals surface area contributed by atoms with E-state index in [-0.39, 0.29) is 5.91 Å². The number of carbonyl (C=O) groups is 1. The molecule has 0 aromatic heterocycles. The molecule has 1 heterocycles. The van der Waals surface area contributed by atoms with Gasteiger partial charge < -0.3 is 9.64 Å². The number of rotatable bonds is 2. The predicted molar refractivity (Wildman–Crippen MR) is 86.6 cm³/mol. The van der Waals surface area contributed by atoms with Crippen LogP contribution in [0, 0.1) is 6.92 Å². The Morgan fingerprint density at radius 3 is 2.76 bits per heavy atom. The van der Waals surface area contributed by atoms with Crippen molar-refractivity contribution in [2.75, 3.05) is 4.90 Å². The summed E-state index contributed by atoms with van der Waals surface area (Å²) in [6.45, 7) is 4.34. The lowest BCUT2D eigenvalue weighted by atomic mass is 10.1. The number of halogens is 1. The van der Waals surface area contributed by atoms with E-state index in [0.29, 0.717) is 6.54 Å². The molecule has 2 aromatic rings. The highest BCUT2D eigenvalue weighted by Crippen LogP contribution is 2.36. The first-order valence-corrected chi connectivity index (χ1v) is 7.67.